The third-order valence-corrected chi connectivity index (χ3v) is 4.23. The van der Waals surface area contributed by atoms with Crippen molar-refractivity contribution in [3.8, 4) is 0 Å². The SMILES string of the molecule is CN(CCC(=O)O)S(=O)(=O)NCC(O)c1ccccc1. The molecule has 0 heterocycles. The van der Waals surface area contributed by atoms with E-state index in [-0.39, 0.29) is 19.5 Å². The van der Waals surface area contributed by atoms with Crippen LogP contribution in [0.5, 0.6) is 0 Å². The van der Waals surface area contributed by atoms with Crippen LogP contribution in [0.1, 0.15) is 18.1 Å². The maximum atomic E-state index is 11.8. The predicted octanol–water partition coefficient (Wildman–Crippen LogP) is -0.0391. The molecule has 3 N–H and O–H groups in total. The minimum Gasteiger partial charge on any atom is -0.481 e. The van der Waals surface area contributed by atoms with Gasteiger partial charge in [-0.3, -0.25) is 4.79 Å². The number of aliphatic carboxylic acids is 1. The van der Waals surface area contributed by atoms with Crippen LogP contribution in [-0.4, -0.2) is 49.0 Å². The summed E-state index contributed by atoms with van der Waals surface area (Å²) in [5.74, 6) is -1.07. The Labute approximate surface area is 118 Å². The van der Waals surface area contributed by atoms with E-state index in [1.54, 1.807) is 30.3 Å². The van der Waals surface area contributed by atoms with Gasteiger partial charge in [-0.2, -0.15) is 17.4 Å². The van der Waals surface area contributed by atoms with Gasteiger partial charge < -0.3 is 10.2 Å². The normalized spacial score (nSPS) is 13.3. The number of aliphatic hydroxyl groups excluding tert-OH is 1. The van der Waals surface area contributed by atoms with E-state index in [1.165, 1.54) is 7.05 Å². The van der Waals surface area contributed by atoms with Crippen molar-refractivity contribution in [1.29, 1.82) is 0 Å². The Morgan fingerprint density at radius 3 is 2.50 bits per heavy atom. The Kier molecular flexibility index (Phi) is 6.08. The smallest absolute Gasteiger partial charge is 0.304 e. The summed E-state index contributed by atoms with van der Waals surface area (Å²) in [7, 11) is -2.52. The van der Waals surface area contributed by atoms with Crippen LogP contribution < -0.4 is 4.72 Å². The molecule has 1 atom stereocenters. The minimum atomic E-state index is -3.80. The van der Waals surface area contributed by atoms with Gasteiger partial charge in [0.1, 0.15) is 0 Å². The van der Waals surface area contributed by atoms with Crippen molar-refractivity contribution in [2.45, 2.75) is 12.5 Å². The topological polar surface area (TPSA) is 107 Å². The highest BCUT2D eigenvalue weighted by Gasteiger charge is 2.19. The molecule has 0 aromatic heterocycles. The standard InChI is InChI=1S/C12H18N2O5S/c1-14(8-7-12(16)17)20(18,19)13-9-11(15)10-5-3-2-4-6-10/h2-6,11,13,15H,7-9H2,1H3,(H,16,17). The van der Waals surface area contributed by atoms with Crippen LogP contribution in [0.15, 0.2) is 30.3 Å². The molecule has 1 unspecified atom stereocenters. The quantitative estimate of drug-likeness (QED) is 0.624. The van der Waals surface area contributed by atoms with Gasteiger partial charge in [-0.1, -0.05) is 30.3 Å². The van der Waals surface area contributed by atoms with Gasteiger partial charge in [0.05, 0.1) is 12.5 Å². The van der Waals surface area contributed by atoms with Crippen molar-refractivity contribution in [1.82, 2.24) is 9.03 Å². The number of nitrogens with zero attached hydrogens (tertiary/aromatic N) is 1. The molecule has 0 aliphatic carbocycles. The number of aliphatic hydroxyl groups is 1. The number of rotatable bonds is 8. The van der Waals surface area contributed by atoms with E-state index in [4.69, 9.17) is 5.11 Å². The molecule has 0 saturated heterocycles. The van der Waals surface area contributed by atoms with Crippen LogP contribution in [0.3, 0.4) is 0 Å². The van der Waals surface area contributed by atoms with Crippen molar-refractivity contribution in [3.63, 3.8) is 0 Å². The first-order valence-electron chi connectivity index (χ1n) is 5.98. The third kappa shape index (κ3) is 5.25. The molecule has 0 spiro atoms. The summed E-state index contributed by atoms with van der Waals surface area (Å²) in [6, 6.07) is 8.65. The Balaban J connectivity index is 2.52. The summed E-state index contributed by atoms with van der Waals surface area (Å²) < 4.78 is 26.7. The maximum absolute atomic E-state index is 11.8. The lowest BCUT2D eigenvalue weighted by molar-refractivity contribution is -0.137. The molecule has 0 aliphatic rings. The first-order chi connectivity index (χ1) is 9.33. The highest BCUT2D eigenvalue weighted by molar-refractivity contribution is 7.87. The number of carboxylic acid groups (broad SMARTS) is 1. The van der Waals surface area contributed by atoms with Gasteiger partial charge in [0.15, 0.2) is 0 Å². The summed E-state index contributed by atoms with van der Waals surface area (Å²) in [6.07, 6.45) is -1.24. The van der Waals surface area contributed by atoms with E-state index in [0.29, 0.717) is 5.56 Å². The Hall–Kier alpha value is -1.48. The number of hydrogen-bond donors (Lipinski definition) is 3. The van der Waals surface area contributed by atoms with E-state index in [1.807, 2.05) is 0 Å². The van der Waals surface area contributed by atoms with E-state index in [9.17, 15) is 18.3 Å². The first-order valence-corrected chi connectivity index (χ1v) is 7.42. The molecule has 0 amide bonds. The third-order valence-electron chi connectivity index (χ3n) is 2.69. The fourth-order valence-electron chi connectivity index (χ4n) is 1.46. The van der Waals surface area contributed by atoms with Gasteiger partial charge in [0, 0.05) is 20.1 Å². The Morgan fingerprint density at radius 2 is 1.95 bits per heavy atom. The Morgan fingerprint density at radius 1 is 1.35 bits per heavy atom. The number of benzene rings is 1. The zero-order valence-electron chi connectivity index (χ0n) is 11.1. The van der Waals surface area contributed by atoms with E-state index in [2.05, 4.69) is 4.72 Å². The predicted molar refractivity (Wildman–Crippen MR) is 73.2 cm³/mol. The number of carboxylic acids is 1. The molecule has 0 aliphatic heterocycles. The van der Waals surface area contributed by atoms with Gasteiger partial charge in [0.25, 0.3) is 10.2 Å². The van der Waals surface area contributed by atoms with Crippen molar-refractivity contribution in [2.24, 2.45) is 0 Å². The minimum absolute atomic E-state index is 0.133. The van der Waals surface area contributed by atoms with Gasteiger partial charge in [-0.15, -0.1) is 0 Å². The van der Waals surface area contributed by atoms with Crippen LogP contribution in [0.25, 0.3) is 0 Å². The van der Waals surface area contributed by atoms with Crippen LogP contribution in [-0.2, 0) is 15.0 Å². The van der Waals surface area contributed by atoms with Crippen LogP contribution >= 0.6 is 0 Å². The second-order valence-electron chi connectivity index (χ2n) is 4.25. The summed E-state index contributed by atoms with van der Waals surface area (Å²) in [5, 5.41) is 18.4. The zero-order valence-corrected chi connectivity index (χ0v) is 11.9. The summed E-state index contributed by atoms with van der Waals surface area (Å²) in [5.41, 5.74) is 0.600. The molecule has 20 heavy (non-hydrogen) atoms. The van der Waals surface area contributed by atoms with E-state index < -0.39 is 22.3 Å². The highest BCUT2D eigenvalue weighted by atomic mass is 32.2. The molecule has 0 saturated carbocycles. The lowest BCUT2D eigenvalue weighted by atomic mass is 10.1. The summed E-state index contributed by atoms with van der Waals surface area (Å²) in [6.45, 7) is -0.310. The summed E-state index contributed by atoms with van der Waals surface area (Å²) in [4.78, 5) is 10.4. The molecular weight excluding hydrogens is 284 g/mol. The monoisotopic (exact) mass is 302 g/mol. The molecule has 0 bridgehead atoms. The van der Waals surface area contributed by atoms with E-state index >= 15 is 0 Å². The maximum Gasteiger partial charge on any atom is 0.304 e. The van der Waals surface area contributed by atoms with Crippen LogP contribution in [0, 0.1) is 0 Å². The highest BCUT2D eigenvalue weighted by Crippen LogP contribution is 2.11. The zero-order chi connectivity index (χ0) is 15.2. The number of nitrogens with one attached hydrogen (secondary N) is 1. The fraction of sp³-hybridized carbons (Fsp3) is 0.417. The van der Waals surface area contributed by atoms with Crippen molar-refractivity contribution < 1.29 is 23.4 Å². The average molecular weight is 302 g/mol. The molecule has 8 heteroatoms. The number of carbonyl (C=O) groups is 1. The molecule has 112 valence electrons. The molecule has 1 rings (SSSR count). The summed E-state index contributed by atoms with van der Waals surface area (Å²) >= 11 is 0. The van der Waals surface area contributed by atoms with Crippen molar-refractivity contribution in [3.05, 3.63) is 35.9 Å². The van der Waals surface area contributed by atoms with Gasteiger partial charge in [-0.25, -0.2) is 0 Å². The van der Waals surface area contributed by atoms with Gasteiger partial charge >= 0.3 is 5.97 Å². The van der Waals surface area contributed by atoms with Gasteiger partial charge in [0.2, 0.25) is 0 Å². The lowest BCUT2D eigenvalue weighted by Crippen LogP contribution is -2.40. The lowest BCUT2D eigenvalue weighted by Gasteiger charge is -2.18. The van der Waals surface area contributed by atoms with Crippen molar-refractivity contribution in [2.75, 3.05) is 20.1 Å². The second-order valence-corrected chi connectivity index (χ2v) is 6.11. The molecular formula is C12H18N2O5S. The molecule has 0 fully saturated rings. The fourth-order valence-corrected chi connectivity index (χ4v) is 2.38. The number of hydrogen-bond acceptors (Lipinski definition) is 4. The molecule has 1 aromatic carbocycles. The van der Waals surface area contributed by atoms with E-state index in [0.717, 1.165) is 4.31 Å². The van der Waals surface area contributed by atoms with Gasteiger partial charge in [-0.05, 0) is 5.56 Å². The molecule has 0 radical (unpaired) electrons. The van der Waals surface area contributed by atoms with Crippen LogP contribution in [0.4, 0.5) is 0 Å². The first kappa shape index (κ1) is 16.6. The Bertz CT molecular complexity index is 532. The largest absolute Gasteiger partial charge is 0.481 e. The van der Waals surface area contributed by atoms with Crippen molar-refractivity contribution >= 4 is 16.2 Å². The molecule has 1 aromatic rings. The van der Waals surface area contributed by atoms with Crippen LogP contribution in [0.2, 0.25) is 0 Å². The average Bonchev–Trinajstić information content (AvgIpc) is 2.43. The molecule has 7 nitrogen and oxygen atoms in total. The second kappa shape index (κ2) is 7.34.